The van der Waals surface area contributed by atoms with Gasteiger partial charge in [0.15, 0.2) is 0 Å². The highest BCUT2D eigenvalue weighted by molar-refractivity contribution is 4.97. The van der Waals surface area contributed by atoms with Gasteiger partial charge >= 0.3 is 0 Å². The van der Waals surface area contributed by atoms with Crippen molar-refractivity contribution < 1.29 is 4.74 Å². The molecule has 0 saturated carbocycles. The summed E-state index contributed by atoms with van der Waals surface area (Å²) in [6.45, 7) is 1.95. The summed E-state index contributed by atoms with van der Waals surface area (Å²) >= 11 is 0. The number of rotatable bonds is 4. The van der Waals surface area contributed by atoms with Crippen molar-refractivity contribution in [2.24, 2.45) is 5.92 Å². The first kappa shape index (κ1) is 9.36. The van der Waals surface area contributed by atoms with E-state index in [4.69, 9.17) is 4.74 Å². The second kappa shape index (κ2) is 3.94. The molecule has 4 heteroatoms. The Balaban J connectivity index is 1.43. The summed E-state index contributed by atoms with van der Waals surface area (Å²) in [6.07, 6.45) is 6.68. The monoisotopic (exact) mass is 207 g/mol. The number of fused-ring (bicyclic) bond motifs is 2. The number of H-pyrrole nitrogens is 1. The quantitative estimate of drug-likeness (QED) is 0.776. The van der Waals surface area contributed by atoms with Gasteiger partial charge in [-0.25, -0.2) is 0 Å². The zero-order valence-corrected chi connectivity index (χ0v) is 8.78. The maximum Gasteiger partial charge on any atom is 0.0621 e. The Labute approximate surface area is 89.4 Å². The molecule has 2 aliphatic rings. The Morgan fingerprint density at radius 3 is 3.20 bits per heavy atom. The lowest BCUT2D eigenvalue weighted by Crippen LogP contribution is -2.29. The van der Waals surface area contributed by atoms with Gasteiger partial charge in [-0.2, -0.15) is 5.10 Å². The maximum atomic E-state index is 5.81. The lowest BCUT2D eigenvalue weighted by molar-refractivity contribution is 0.0923. The van der Waals surface area contributed by atoms with E-state index in [1.165, 1.54) is 19.3 Å². The van der Waals surface area contributed by atoms with Gasteiger partial charge in [-0.3, -0.25) is 5.10 Å². The van der Waals surface area contributed by atoms with Crippen LogP contribution in [0.5, 0.6) is 0 Å². The molecule has 3 rings (SSSR count). The highest BCUT2D eigenvalue weighted by atomic mass is 16.5. The van der Waals surface area contributed by atoms with Crippen molar-refractivity contribution in [1.82, 2.24) is 15.5 Å². The van der Waals surface area contributed by atoms with Gasteiger partial charge in [-0.05, 0) is 25.3 Å². The molecular formula is C11H17N3O. The highest BCUT2D eigenvalue weighted by Gasteiger charge is 2.40. The molecule has 2 N–H and O–H groups in total. The van der Waals surface area contributed by atoms with E-state index in [1.807, 2.05) is 6.07 Å². The normalized spacial score (nSPS) is 33.7. The van der Waals surface area contributed by atoms with Gasteiger partial charge in [0, 0.05) is 30.9 Å². The van der Waals surface area contributed by atoms with Crippen LogP contribution in [0.3, 0.4) is 0 Å². The third-order valence-corrected chi connectivity index (χ3v) is 3.51. The van der Waals surface area contributed by atoms with Crippen molar-refractivity contribution in [3.63, 3.8) is 0 Å². The first-order chi connectivity index (χ1) is 7.42. The van der Waals surface area contributed by atoms with Gasteiger partial charge in [0.1, 0.15) is 0 Å². The molecule has 3 heterocycles. The molecule has 1 aromatic rings. The molecule has 2 fully saturated rings. The number of hydrogen-bond donors (Lipinski definition) is 2. The molecule has 82 valence electrons. The van der Waals surface area contributed by atoms with Crippen LogP contribution in [0, 0.1) is 5.92 Å². The zero-order chi connectivity index (χ0) is 10.1. The molecule has 2 saturated heterocycles. The van der Waals surface area contributed by atoms with Crippen molar-refractivity contribution in [2.45, 2.75) is 38.0 Å². The van der Waals surface area contributed by atoms with Crippen LogP contribution < -0.4 is 5.32 Å². The van der Waals surface area contributed by atoms with E-state index < -0.39 is 0 Å². The summed E-state index contributed by atoms with van der Waals surface area (Å²) in [5.41, 5.74) is 1.15. The van der Waals surface area contributed by atoms with Crippen LogP contribution in [-0.4, -0.2) is 29.0 Å². The fourth-order valence-electron chi connectivity index (χ4n) is 2.73. The first-order valence-corrected chi connectivity index (χ1v) is 5.76. The molecule has 0 amide bonds. The lowest BCUT2D eigenvalue weighted by Gasteiger charge is -2.18. The Morgan fingerprint density at radius 1 is 1.53 bits per heavy atom. The smallest absolute Gasteiger partial charge is 0.0621 e. The minimum atomic E-state index is 0.532. The topological polar surface area (TPSA) is 49.9 Å². The summed E-state index contributed by atoms with van der Waals surface area (Å²) in [6, 6.07) is 2.00. The average molecular weight is 207 g/mol. The molecule has 3 unspecified atom stereocenters. The molecule has 2 aliphatic heterocycles. The SMILES string of the molecule is c1cc(CNCC2CC3CCC2O3)[nH]n1. The molecule has 0 radical (unpaired) electrons. The van der Waals surface area contributed by atoms with Crippen molar-refractivity contribution >= 4 is 0 Å². The summed E-state index contributed by atoms with van der Waals surface area (Å²) < 4.78 is 5.81. The van der Waals surface area contributed by atoms with Crippen LogP contribution in [-0.2, 0) is 11.3 Å². The van der Waals surface area contributed by atoms with Crippen LogP contribution in [0.2, 0.25) is 0 Å². The molecule has 0 spiro atoms. The molecule has 3 atom stereocenters. The van der Waals surface area contributed by atoms with Crippen molar-refractivity contribution in [3.05, 3.63) is 18.0 Å². The third-order valence-electron chi connectivity index (χ3n) is 3.51. The number of nitrogens with one attached hydrogen (secondary N) is 2. The lowest BCUT2D eigenvalue weighted by atomic mass is 9.89. The summed E-state index contributed by atoms with van der Waals surface area (Å²) in [5.74, 6) is 0.728. The summed E-state index contributed by atoms with van der Waals surface area (Å²) in [7, 11) is 0. The Morgan fingerprint density at radius 2 is 2.53 bits per heavy atom. The van der Waals surface area contributed by atoms with Crippen LogP contribution in [0.15, 0.2) is 12.3 Å². The van der Waals surface area contributed by atoms with E-state index in [0.717, 1.165) is 24.7 Å². The number of ether oxygens (including phenoxy) is 1. The van der Waals surface area contributed by atoms with Gasteiger partial charge < -0.3 is 10.1 Å². The average Bonchev–Trinajstić information content (AvgIpc) is 2.93. The maximum absolute atomic E-state index is 5.81. The molecule has 0 aromatic carbocycles. The third kappa shape index (κ3) is 1.92. The Hall–Kier alpha value is -0.870. The van der Waals surface area contributed by atoms with Crippen molar-refractivity contribution in [1.29, 1.82) is 0 Å². The Bertz CT molecular complexity index is 312. The summed E-state index contributed by atoms with van der Waals surface area (Å²) in [5, 5.41) is 10.3. The van der Waals surface area contributed by atoms with Gasteiger partial charge in [-0.15, -0.1) is 0 Å². The number of nitrogens with zero attached hydrogens (tertiary/aromatic N) is 1. The molecule has 4 nitrogen and oxygen atoms in total. The van der Waals surface area contributed by atoms with E-state index in [9.17, 15) is 0 Å². The van der Waals surface area contributed by atoms with E-state index in [1.54, 1.807) is 6.20 Å². The molecule has 15 heavy (non-hydrogen) atoms. The van der Waals surface area contributed by atoms with Gasteiger partial charge in [0.05, 0.1) is 12.2 Å². The summed E-state index contributed by atoms with van der Waals surface area (Å²) in [4.78, 5) is 0. The fourth-order valence-corrected chi connectivity index (χ4v) is 2.73. The standard InChI is InChI=1S/C11H17N3O/c1-2-11-8(5-10(1)15-11)6-12-7-9-3-4-13-14-9/h3-4,8,10-12H,1-2,5-7H2,(H,13,14). The zero-order valence-electron chi connectivity index (χ0n) is 8.78. The van der Waals surface area contributed by atoms with Crippen LogP contribution in [0.4, 0.5) is 0 Å². The number of aromatic nitrogens is 2. The minimum Gasteiger partial charge on any atom is -0.375 e. The van der Waals surface area contributed by atoms with Crippen LogP contribution in [0.1, 0.15) is 25.0 Å². The molecule has 1 aromatic heterocycles. The second-order valence-electron chi connectivity index (χ2n) is 4.58. The van der Waals surface area contributed by atoms with Crippen molar-refractivity contribution in [3.8, 4) is 0 Å². The van der Waals surface area contributed by atoms with Gasteiger partial charge in [0.2, 0.25) is 0 Å². The Kier molecular flexibility index (Phi) is 2.46. The van der Waals surface area contributed by atoms with Gasteiger partial charge in [-0.1, -0.05) is 0 Å². The fraction of sp³-hybridized carbons (Fsp3) is 0.727. The molecule has 2 bridgehead atoms. The van der Waals surface area contributed by atoms with Gasteiger partial charge in [0.25, 0.3) is 0 Å². The largest absolute Gasteiger partial charge is 0.375 e. The van der Waals surface area contributed by atoms with E-state index >= 15 is 0 Å². The van der Waals surface area contributed by atoms with E-state index in [0.29, 0.717) is 12.2 Å². The second-order valence-corrected chi connectivity index (χ2v) is 4.58. The minimum absolute atomic E-state index is 0.532. The van der Waals surface area contributed by atoms with Crippen LogP contribution >= 0.6 is 0 Å². The van der Waals surface area contributed by atoms with E-state index in [2.05, 4.69) is 15.5 Å². The predicted molar refractivity (Wildman–Crippen MR) is 56.3 cm³/mol. The van der Waals surface area contributed by atoms with Crippen LogP contribution in [0.25, 0.3) is 0 Å². The number of aromatic amines is 1. The molecular weight excluding hydrogens is 190 g/mol. The predicted octanol–water partition coefficient (Wildman–Crippen LogP) is 1.07. The van der Waals surface area contributed by atoms with Crippen molar-refractivity contribution in [2.75, 3.05) is 6.54 Å². The highest BCUT2D eigenvalue weighted by Crippen LogP contribution is 2.38. The molecule has 0 aliphatic carbocycles. The number of hydrogen-bond acceptors (Lipinski definition) is 3. The van der Waals surface area contributed by atoms with E-state index in [-0.39, 0.29) is 0 Å². The first-order valence-electron chi connectivity index (χ1n) is 5.76.